The van der Waals surface area contributed by atoms with Crippen molar-refractivity contribution < 1.29 is 9.53 Å². The zero-order valence-electron chi connectivity index (χ0n) is 11.4. The Morgan fingerprint density at radius 1 is 1.63 bits per heavy atom. The number of aromatic nitrogens is 2. The number of nitrogens with one attached hydrogen (secondary N) is 1. The molecule has 2 heterocycles. The predicted octanol–water partition coefficient (Wildman–Crippen LogP) is 0.951. The number of urea groups is 1. The molecule has 1 aliphatic rings. The molecule has 2 rings (SSSR count). The second kappa shape index (κ2) is 7.13. The largest absolute Gasteiger partial charge is 0.381 e. The summed E-state index contributed by atoms with van der Waals surface area (Å²) in [7, 11) is 0. The van der Waals surface area contributed by atoms with Crippen LogP contribution in [0.1, 0.15) is 13.3 Å². The summed E-state index contributed by atoms with van der Waals surface area (Å²) >= 11 is 0. The fourth-order valence-corrected chi connectivity index (χ4v) is 2.22. The number of rotatable bonds is 6. The van der Waals surface area contributed by atoms with Crippen molar-refractivity contribution in [1.82, 2.24) is 19.8 Å². The maximum atomic E-state index is 12.0. The summed E-state index contributed by atoms with van der Waals surface area (Å²) in [6, 6.07) is 0.00881. The molecular formula is C13H22N4O2. The molecule has 0 spiro atoms. The molecule has 0 saturated carbocycles. The van der Waals surface area contributed by atoms with E-state index < -0.39 is 0 Å². The van der Waals surface area contributed by atoms with E-state index in [9.17, 15) is 4.79 Å². The average molecular weight is 266 g/mol. The Kier molecular flexibility index (Phi) is 5.20. The van der Waals surface area contributed by atoms with Crippen molar-refractivity contribution in [2.75, 3.05) is 32.8 Å². The van der Waals surface area contributed by atoms with Gasteiger partial charge >= 0.3 is 6.03 Å². The number of hydrogen-bond acceptors (Lipinski definition) is 3. The van der Waals surface area contributed by atoms with Crippen molar-refractivity contribution in [3.05, 3.63) is 18.7 Å². The van der Waals surface area contributed by atoms with Gasteiger partial charge in [0.05, 0.1) is 12.9 Å². The Bertz CT molecular complexity index is 374. The zero-order valence-corrected chi connectivity index (χ0v) is 11.4. The topological polar surface area (TPSA) is 59.4 Å². The monoisotopic (exact) mass is 266 g/mol. The lowest BCUT2D eigenvalue weighted by molar-refractivity contribution is 0.166. The summed E-state index contributed by atoms with van der Waals surface area (Å²) < 4.78 is 7.29. The van der Waals surface area contributed by atoms with Crippen molar-refractivity contribution in [2.24, 2.45) is 5.92 Å². The number of ether oxygens (including phenoxy) is 1. The van der Waals surface area contributed by atoms with Gasteiger partial charge < -0.3 is 19.5 Å². The summed E-state index contributed by atoms with van der Waals surface area (Å²) in [5.41, 5.74) is 0. The number of nitrogens with zero attached hydrogens (tertiary/aromatic N) is 3. The van der Waals surface area contributed by atoms with E-state index in [0.717, 1.165) is 39.3 Å². The van der Waals surface area contributed by atoms with Crippen LogP contribution in [0.4, 0.5) is 4.79 Å². The van der Waals surface area contributed by atoms with Crippen LogP contribution in [0.15, 0.2) is 18.7 Å². The van der Waals surface area contributed by atoms with Gasteiger partial charge in [0.2, 0.25) is 0 Å². The van der Waals surface area contributed by atoms with E-state index in [2.05, 4.69) is 10.3 Å². The number of carbonyl (C=O) groups excluding carboxylic acids is 1. The van der Waals surface area contributed by atoms with Gasteiger partial charge in [-0.05, 0) is 13.3 Å². The van der Waals surface area contributed by atoms with Gasteiger partial charge in [-0.2, -0.15) is 0 Å². The average Bonchev–Trinajstić information content (AvgIpc) is 3.08. The minimum Gasteiger partial charge on any atom is -0.381 e. The molecule has 1 atom stereocenters. The summed E-state index contributed by atoms with van der Waals surface area (Å²) in [6.45, 7) is 6.48. The van der Waals surface area contributed by atoms with Crippen molar-refractivity contribution in [3.8, 4) is 0 Å². The lowest BCUT2D eigenvalue weighted by atomic mass is 10.1. The van der Waals surface area contributed by atoms with Crippen LogP contribution < -0.4 is 5.32 Å². The normalized spacial score (nSPS) is 18.5. The third-order valence-corrected chi connectivity index (χ3v) is 3.38. The molecule has 1 N–H and O–H groups in total. The van der Waals surface area contributed by atoms with Gasteiger partial charge in [-0.1, -0.05) is 0 Å². The molecule has 0 unspecified atom stereocenters. The SMILES string of the molecule is CCN(C[C@H]1CCOC1)C(=O)NCCn1ccnc1. The van der Waals surface area contributed by atoms with E-state index in [1.165, 1.54) is 0 Å². The third kappa shape index (κ3) is 4.24. The molecule has 106 valence electrons. The van der Waals surface area contributed by atoms with E-state index in [4.69, 9.17) is 4.74 Å². The van der Waals surface area contributed by atoms with Crippen LogP contribution in [0.2, 0.25) is 0 Å². The van der Waals surface area contributed by atoms with E-state index in [0.29, 0.717) is 12.5 Å². The molecule has 1 aliphatic heterocycles. The van der Waals surface area contributed by atoms with Gasteiger partial charge in [0.1, 0.15) is 0 Å². The molecular weight excluding hydrogens is 244 g/mol. The molecule has 6 nitrogen and oxygen atoms in total. The summed E-state index contributed by atoms with van der Waals surface area (Å²) in [5, 5.41) is 2.94. The molecule has 6 heteroatoms. The van der Waals surface area contributed by atoms with E-state index in [-0.39, 0.29) is 6.03 Å². The van der Waals surface area contributed by atoms with Crippen LogP contribution >= 0.6 is 0 Å². The number of imidazole rings is 1. The molecule has 0 aromatic carbocycles. The minimum atomic E-state index is 0.00881. The molecule has 1 fully saturated rings. The first-order valence-corrected chi connectivity index (χ1v) is 6.86. The van der Waals surface area contributed by atoms with Crippen molar-refractivity contribution in [3.63, 3.8) is 0 Å². The van der Waals surface area contributed by atoms with Gasteiger partial charge in [-0.15, -0.1) is 0 Å². The Morgan fingerprint density at radius 2 is 2.53 bits per heavy atom. The highest BCUT2D eigenvalue weighted by molar-refractivity contribution is 5.74. The molecule has 1 aromatic heterocycles. The van der Waals surface area contributed by atoms with Crippen molar-refractivity contribution in [1.29, 1.82) is 0 Å². The first-order valence-electron chi connectivity index (χ1n) is 6.86. The first kappa shape index (κ1) is 13.9. The van der Waals surface area contributed by atoms with E-state index in [1.807, 2.05) is 22.6 Å². The summed E-state index contributed by atoms with van der Waals surface area (Å²) in [5.74, 6) is 0.486. The van der Waals surface area contributed by atoms with Crippen LogP contribution in [-0.2, 0) is 11.3 Å². The van der Waals surface area contributed by atoms with Crippen LogP contribution in [-0.4, -0.2) is 53.3 Å². The van der Waals surface area contributed by atoms with E-state index in [1.54, 1.807) is 12.5 Å². The Balaban J connectivity index is 1.70. The van der Waals surface area contributed by atoms with Gasteiger partial charge in [-0.25, -0.2) is 9.78 Å². The molecule has 0 bridgehead atoms. The van der Waals surface area contributed by atoms with Crippen molar-refractivity contribution in [2.45, 2.75) is 19.9 Å². The molecule has 0 radical (unpaired) electrons. The molecule has 1 aromatic rings. The lowest BCUT2D eigenvalue weighted by Gasteiger charge is -2.24. The van der Waals surface area contributed by atoms with Gasteiger partial charge in [0.25, 0.3) is 0 Å². The lowest BCUT2D eigenvalue weighted by Crippen LogP contribution is -2.43. The Morgan fingerprint density at radius 3 is 3.16 bits per heavy atom. The second-order valence-corrected chi connectivity index (χ2v) is 4.80. The first-order chi connectivity index (χ1) is 9.29. The summed E-state index contributed by atoms with van der Waals surface area (Å²) in [6.07, 6.45) is 6.43. The maximum absolute atomic E-state index is 12.0. The van der Waals surface area contributed by atoms with Crippen LogP contribution in [0.5, 0.6) is 0 Å². The standard InChI is InChI=1S/C13H22N4O2/c1-2-17(9-12-3-8-19-10-12)13(18)15-5-7-16-6-4-14-11-16/h4,6,11-12H,2-3,5,7-10H2,1H3,(H,15,18)/t12-/m1/s1. The fraction of sp³-hybridized carbons (Fsp3) is 0.692. The maximum Gasteiger partial charge on any atom is 0.317 e. The Labute approximate surface area is 113 Å². The van der Waals surface area contributed by atoms with Gasteiger partial charge in [0.15, 0.2) is 0 Å². The highest BCUT2D eigenvalue weighted by Crippen LogP contribution is 2.13. The molecule has 19 heavy (non-hydrogen) atoms. The van der Waals surface area contributed by atoms with E-state index >= 15 is 0 Å². The quantitative estimate of drug-likeness (QED) is 0.834. The predicted molar refractivity (Wildman–Crippen MR) is 71.8 cm³/mol. The number of hydrogen-bond donors (Lipinski definition) is 1. The van der Waals surface area contributed by atoms with Crippen LogP contribution in [0.3, 0.4) is 0 Å². The van der Waals surface area contributed by atoms with Gasteiger partial charge in [-0.3, -0.25) is 0 Å². The number of carbonyl (C=O) groups is 1. The van der Waals surface area contributed by atoms with Crippen LogP contribution in [0, 0.1) is 5.92 Å². The smallest absolute Gasteiger partial charge is 0.317 e. The van der Waals surface area contributed by atoms with Crippen molar-refractivity contribution >= 4 is 6.03 Å². The second-order valence-electron chi connectivity index (χ2n) is 4.80. The van der Waals surface area contributed by atoms with Crippen LogP contribution in [0.25, 0.3) is 0 Å². The Hall–Kier alpha value is -1.56. The highest BCUT2D eigenvalue weighted by Gasteiger charge is 2.21. The fourth-order valence-electron chi connectivity index (χ4n) is 2.22. The molecule has 0 aliphatic carbocycles. The third-order valence-electron chi connectivity index (χ3n) is 3.38. The minimum absolute atomic E-state index is 0.00881. The number of amides is 2. The summed E-state index contributed by atoms with van der Waals surface area (Å²) in [4.78, 5) is 17.9. The zero-order chi connectivity index (χ0) is 13.5. The highest BCUT2D eigenvalue weighted by atomic mass is 16.5. The molecule has 2 amide bonds. The van der Waals surface area contributed by atoms with Gasteiger partial charge in [0, 0.05) is 51.1 Å². The molecule has 1 saturated heterocycles.